The largest absolute Gasteiger partial charge is 0.493 e. The number of fused-ring (bicyclic) bond motifs is 1. The predicted molar refractivity (Wildman–Crippen MR) is 113 cm³/mol. The quantitative estimate of drug-likeness (QED) is 0.708. The fourth-order valence-electron chi connectivity index (χ4n) is 3.72. The lowest BCUT2D eigenvalue weighted by molar-refractivity contribution is -0.116. The van der Waals surface area contributed by atoms with E-state index in [0.717, 1.165) is 43.1 Å². The smallest absolute Gasteiger partial charge is 0.224 e. The molecule has 1 aromatic heterocycles. The van der Waals surface area contributed by atoms with Crippen LogP contribution in [0.3, 0.4) is 0 Å². The number of ether oxygens (including phenoxy) is 1. The number of hydrogen-bond donors (Lipinski definition) is 1. The summed E-state index contributed by atoms with van der Waals surface area (Å²) in [6.07, 6.45) is 4.72. The number of amides is 1. The Labute approximate surface area is 178 Å². The van der Waals surface area contributed by atoms with Crippen LogP contribution in [0.5, 0.6) is 5.75 Å². The van der Waals surface area contributed by atoms with E-state index < -0.39 is 0 Å². The molecule has 0 radical (unpaired) electrons. The average Bonchev–Trinajstić information content (AvgIpc) is 2.68. The fraction of sp³-hybridized carbons (Fsp3) is 0.400. The molecule has 2 aliphatic rings. The number of carbonyl (C=O) groups excluding carboxylic acids is 1. The number of halogens is 3. The number of nitrogens with zero attached hydrogens (tertiary/aromatic N) is 2. The Kier molecular flexibility index (Phi) is 5.85. The van der Waals surface area contributed by atoms with Crippen molar-refractivity contribution < 1.29 is 9.53 Å². The minimum atomic E-state index is -0.00612. The van der Waals surface area contributed by atoms with Gasteiger partial charge in [-0.1, -0.05) is 34.8 Å². The van der Waals surface area contributed by atoms with E-state index in [9.17, 15) is 4.79 Å². The maximum absolute atomic E-state index is 11.6. The number of aromatic nitrogens is 1. The maximum atomic E-state index is 11.6. The van der Waals surface area contributed by atoms with E-state index in [1.807, 2.05) is 6.07 Å². The van der Waals surface area contributed by atoms with E-state index in [-0.39, 0.29) is 5.91 Å². The zero-order valence-electron chi connectivity index (χ0n) is 15.2. The monoisotopic (exact) mass is 439 g/mol. The predicted octanol–water partition coefficient (Wildman–Crippen LogP) is 5.22. The highest BCUT2D eigenvalue weighted by Crippen LogP contribution is 2.37. The first-order valence-corrected chi connectivity index (χ1v) is 10.4. The number of benzene rings is 1. The van der Waals surface area contributed by atoms with E-state index in [1.54, 1.807) is 18.3 Å². The minimum Gasteiger partial charge on any atom is -0.493 e. The van der Waals surface area contributed by atoms with Crippen LogP contribution in [0.4, 0.5) is 11.5 Å². The van der Waals surface area contributed by atoms with Gasteiger partial charge in [-0.05, 0) is 43.4 Å². The van der Waals surface area contributed by atoms with Crippen molar-refractivity contribution >= 4 is 52.2 Å². The summed E-state index contributed by atoms with van der Waals surface area (Å²) in [4.78, 5) is 18.2. The average molecular weight is 441 g/mol. The summed E-state index contributed by atoms with van der Waals surface area (Å²) >= 11 is 18.4. The summed E-state index contributed by atoms with van der Waals surface area (Å²) < 4.78 is 6.13. The van der Waals surface area contributed by atoms with Crippen molar-refractivity contribution in [1.82, 2.24) is 4.98 Å². The SMILES string of the molecule is O=C1CCc2c(OCC3CCN(c4ncc(Cl)cc4Cl)CC3)ccc(Cl)c2N1. The summed E-state index contributed by atoms with van der Waals surface area (Å²) in [6.45, 7) is 2.38. The second-order valence-electron chi connectivity index (χ2n) is 7.15. The van der Waals surface area contributed by atoms with Crippen LogP contribution in [0, 0.1) is 5.92 Å². The van der Waals surface area contributed by atoms with E-state index in [1.165, 1.54) is 0 Å². The Hall–Kier alpha value is -1.69. The molecule has 0 atom stereocenters. The number of anilines is 2. The first-order valence-electron chi connectivity index (χ1n) is 9.31. The van der Waals surface area contributed by atoms with Crippen LogP contribution < -0.4 is 15.0 Å². The van der Waals surface area contributed by atoms with Gasteiger partial charge in [0.05, 0.1) is 27.4 Å². The first kappa shape index (κ1) is 19.6. The van der Waals surface area contributed by atoms with Gasteiger partial charge in [0.2, 0.25) is 5.91 Å². The van der Waals surface area contributed by atoms with Gasteiger partial charge in [0.1, 0.15) is 11.6 Å². The van der Waals surface area contributed by atoms with Crippen molar-refractivity contribution in [3.05, 3.63) is 45.0 Å². The van der Waals surface area contributed by atoms with Crippen molar-refractivity contribution in [3.63, 3.8) is 0 Å². The molecule has 148 valence electrons. The second-order valence-corrected chi connectivity index (χ2v) is 8.40. The third-order valence-electron chi connectivity index (χ3n) is 5.26. The van der Waals surface area contributed by atoms with Gasteiger partial charge in [-0.15, -0.1) is 0 Å². The maximum Gasteiger partial charge on any atom is 0.224 e. The summed E-state index contributed by atoms with van der Waals surface area (Å²) in [5.74, 6) is 2.04. The normalized spacial score (nSPS) is 17.2. The Bertz CT molecular complexity index is 899. The van der Waals surface area contributed by atoms with Gasteiger partial charge < -0.3 is 15.0 Å². The van der Waals surface area contributed by atoms with Gasteiger partial charge >= 0.3 is 0 Å². The number of nitrogens with one attached hydrogen (secondary N) is 1. The van der Waals surface area contributed by atoms with E-state index in [4.69, 9.17) is 39.5 Å². The molecule has 1 fully saturated rings. The highest BCUT2D eigenvalue weighted by atomic mass is 35.5. The fourth-order valence-corrected chi connectivity index (χ4v) is 4.44. The van der Waals surface area contributed by atoms with Crippen molar-refractivity contribution in [2.75, 3.05) is 29.9 Å². The molecule has 5 nitrogen and oxygen atoms in total. The Morgan fingerprint density at radius 1 is 1.14 bits per heavy atom. The third kappa shape index (κ3) is 4.17. The molecular formula is C20H20Cl3N3O2. The summed E-state index contributed by atoms with van der Waals surface area (Å²) in [6, 6.07) is 5.40. The van der Waals surface area contributed by atoms with Gasteiger partial charge in [0, 0.05) is 31.3 Å². The van der Waals surface area contributed by atoms with E-state index in [0.29, 0.717) is 46.1 Å². The zero-order chi connectivity index (χ0) is 19.7. The minimum absolute atomic E-state index is 0.00612. The van der Waals surface area contributed by atoms with Crippen molar-refractivity contribution in [2.24, 2.45) is 5.92 Å². The lowest BCUT2D eigenvalue weighted by Crippen LogP contribution is -2.36. The topological polar surface area (TPSA) is 54.5 Å². The summed E-state index contributed by atoms with van der Waals surface area (Å²) in [5.41, 5.74) is 1.68. The molecule has 4 rings (SSSR count). The molecule has 0 unspecified atom stereocenters. The van der Waals surface area contributed by atoms with Crippen LogP contribution in [0.2, 0.25) is 15.1 Å². The molecule has 28 heavy (non-hydrogen) atoms. The summed E-state index contributed by atoms with van der Waals surface area (Å²) in [7, 11) is 0. The first-order chi connectivity index (χ1) is 13.5. The van der Waals surface area contributed by atoms with Crippen molar-refractivity contribution in [3.8, 4) is 5.75 Å². The zero-order valence-corrected chi connectivity index (χ0v) is 17.4. The van der Waals surface area contributed by atoms with Crippen LogP contribution >= 0.6 is 34.8 Å². The van der Waals surface area contributed by atoms with Crippen LogP contribution in [0.1, 0.15) is 24.8 Å². The van der Waals surface area contributed by atoms with E-state index >= 15 is 0 Å². The highest BCUT2D eigenvalue weighted by molar-refractivity contribution is 6.36. The van der Waals surface area contributed by atoms with Gasteiger partial charge in [0.25, 0.3) is 0 Å². The number of rotatable bonds is 4. The molecule has 1 N–H and O–H groups in total. The van der Waals surface area contributed by atoms with Gasteiger partial charge in [-0.2, -0.15) is 0 Å². The van der Waals surface area contributed by atoms with Gasteiger partial charge in [0.15, 0.2) is 0 Å². The standard InChI is InChI=1S/C20H20Cl3N3O2/c21-13-9-16(23)20(24-10-13)26-7-5-12(6-8-26)11-28-17-3-2-15(22)19-14(17)1-4-18(27)25-19/h2-3,9-10,12H,1,4-8,11H2,(H,25,27). The molecule has 0 bridgehead atoms. The lowest BCUT2D eigenvalue weighted by Gasteiger charge is -2.33. The molecule has 0 aliphatic carbocycles. The lowest BCUT2D eigenvalue weighted by atomic mass is 9.97. The van der Waals surface area contributed by atoms with Crippen molar-refractivity contribution in [2.45, 2.75) is 25.7 Å². The van der Waals surface area contributed by atoms with E-state index in [2.05, 4.69) is 15.2 Å². The van der Waals surface area contributed by atoms with Crippen LogP contribution in [0.25, 0.3) is 0 Å². The molecule has 2 aromatic rings. The Morgan fingerprint density at radius 2 is 1.93 bits per heavy atom. The molecule has 2 aliphatic heterocycles. The molecule has 1 saturated heterocycles. The number of carbonyl (C=O) groups is 1. The molecule has 0 spiro atoms. The van der Waals surface area contributed by atoms with Gasteiger partial charge in [-0.25, -0.2) is 4.98 Å². The van der Waals surface area contributed by atoms with Gasteiger partial charge in [-0.3, -0.25) is 4.79 Å². The molecular weight excluding hydrogens is 421 g/mol. The Morgan fingerprint density at radius 3 is 2.68 bits per heavy atom. The van der Waals surface area contributed by atoms with Crippen LogP contribution in [0.15, 0.2) is 24.4 Å². The number of piperidine rings is 1. The number of pyridine rings is 1. The summed E-state index contributed by atoms with van der Waals surface area (Å²) in [5, 5.41) is 4.53. The molecule has 3 heterocycles. The molecule has 8 heteroatoms. The highest BCUT2D eigenvalue weighted by Gasteiger charge is 2.24. The van der Waals surface area contributed by atoms with Crippen LogP contribution in [-0.2, 0) is 11.2 Å². The van der Waals surface area contributed by atoms with Crippen molar-refractivity contribution in [1.29, 1.82) is 0 Å². The third-order valence-corrected chi connectivity index (χ3v) is 6.06. The Balaban J connectivity index is 1.36. The molecule has 1 aromatic carbocycles. The molecule has 0 saturated carbocycles. The second kappa shape index (κ2) is 8.36. The number of hydrogen-bond acceptors (Lipinski definition) is 4. The van der Waals surface area contributed by atoms with Crippen LogP contribution in [-0.4, -0.2) is 30.6 Å². The molecule has 1 amide bonds.